The van der Waals surface area contributed by atoms with E-state index in [1.165, 1.54) is 13.2 Å². The highest BCUT2D eigenvalue weighted by Gasteiger charge is 2.34. The Labute approximate surface area is 198 Å². The van der Waals surface area contributed by atoms with Crippen molar-refractivity contribution in [1.82, 2.24) is 15.5 Å². The topological polar surface area (TPSA) is 83.1 Å². The van der Waals surface area contributed by atoms with Crippen molar-refractivity contribution in [2.45, 2.75) is 13.0 Å². The summed E-state index contributed by atoms with van der Waals surface area (Å²) in [7, 11) is 1.33. The molecule has 1 fully saturated rings. The number of hydrogen-bond acceptors (Lipinski definition) is 6. The second-order valence-corrected chi connectivity index (χ2v) is 8.13. The number of ether oxygens (including phenoxy) is 2. The maximum atomic E-state index is 14.2. The summed E-state index contributed by atoms with van der Waals surface area (Å²) < 4.78 is 24.7. The van der Waals surface area contributed by atoms with E-state index in [9.17, 15) is 14.0 Å². The molecule has 2 heterocycles. The summed E-state index contributed by atoms with van der Waals surface area (Å²) in [6.07, 6.45) is 0. The lowest BCUT2D eigenvalue weighted by Gasteiger charge is -2.38. The fourth-order valence-electron chi connectivity index (χ4n) is 4.35. The molecule has 2 aromatic carbocycles. The van der Waals surface area contributed by atoms with Crippen LogP contribution in [0.1, 0.15) is 18.5 Å². The number of anilines is 1. The summed E-state index contributed by atoms with van der Waals surface area (Å²) >= 11 is 0. The molecule has 0 aliphatic carbocycles. The number of carbonyl (C=O) groups is 2. The Morgan fingerprint density at radius 3 is 2.44 bits per heavy atom. The monoisotopic (exact) mass is 468 g/mol. The van der Waals surface area contributed by atoms with Crippen LogP contribution in [0.15, 0.2) is 59.8 Å². The number of para-hydroxylation sites is 1. The van der Waals surface area contributed by atoms with Gasteiger partial charge in [-0.05, 0) is 36.8 Å². The van der Waals surface area contributed by atoms with Crippen molar-refractivity contribution < 1.29 is 23.5 Å². The third-order valence-corrected chi connectivity index (χ3v) is 6.03. The summed E-state index contributed by atoms with van der Waals surface area (Å²) in [6.45, 7) is 5.40. The molecule has 1 saturated heterocycles. The maximum Gasteiger partial charge on any atom is 0.338 e. The van der Waals surface area contributed by atoms with Crippen LogP contribution in [0.25, 0.3) is 0 Å². The van der Waals surface area contributed by atoms with E-state index in [0.717, 1.165) is 5.56 Å². The SMILES string of the molecule is CCOc1ccc(C2NC(=O)NC(CN3CCN(c4ccccc4F)CC3)=C2C(=O)OC)cc1. The first-order valence-corrected chi connectivity index (χ1v) is 11.3. The molecule has 2 amide bonds. The Hall–Kier alpha value is -3.59. The van der Waals surface area contributed by atoms with Crippen LogP contribution in [0.2, 0.25) is 0 Å². The number of urea groups is 1. The molecule has 9 heteroatoms. The first-order valence-electron chi connectivity index (χ1n) is 11.3. The minimum atomic E-state index is -0.647. The highest BCUT2D eigenvalue weighted by atomic mass is 19.1. The standard InChI is InChI=1S/C25H29FN4O4/c1-3-34-18-10-8-17(9-11-18)23-22(24(31)33-2)20(27-25(32)28-23)16-29-12-14-30(15-13-29)21-7-5-4-6-19(21)26/h4-11,23H,3,12-16H2,1-2H3,(H2,27,28,32). The number of nitrogens with one attached hydrogen (secondary N) is 2. The van der Waals surface area contributed by atoms with Crippen molar-refractivity contribution in [2.75, 3.05) is 51.3 Å². The number of methoxy groups -OCH3 is 1. The Balaban J connectivity index is 1.54. The number of nitrogens with zero attached hydrogens (tertiary/aromatic N) is 2. The number of carbonyl (C=O) groups excluding carboxylic acids is 2. The molecule has 180 valence electrons. The molecule has 4 rings (SSSR count). The number of halogens is 1. The van der Waals surface area contributed by atoms with Crippen LogP contribution in [-0.2, 0) is 9.53 Å². The van der Waals surface area contributed by atoms with Crippen molar-refractivity contribution in [3.63, 3.8) is 0 Å². The van der Waals surface area contributed by atoms with Gasteiger partial charge in [-0.3, -0.25) is 4.90 Å². The molecular weight excluding hydrogens is 439 g/mol. The Bertz CT molecular complexity index is 1060. The maximum absolute atomic E-state index is 14.2. The van der Waals surface area contributed by atoms with Gasteiger partial charge in [0.25, 0.3) is 0 Å². The summed E-state index contributed by atoms with van der Waals surface area (Å²) in [5.74, 6) is -0.0371. The number of hydrogen-bond donors (Lipinski definition) is 2. The van der Waals surface area contributed by atoms with E-state index >= 15 is 0 Å². The highest BCUT2D eigenvalue weighted by molar-refractivity contribution is 5.95. The number of rotatable bonds is 7. The molecule has 1 unspecified atom stereocenters. The average Bonchev–Trinajstić information content (AvgIpc) is 2.85. The molecule has 2 aliphatic heterocycles. The molecule has 34 heavy (non-hydrogen) atoms. The van der Waals surface area contributed by atoms with Crippen molar-refractivity contribution in [2.24, 2.45) is 0 Å². The minimum absolute atomic E-state index is 0.240. The zero-order chi connectivity index (χ0) is 24.1. The van der Waals surface area contributed by atoms with E-state index in [1.54, 1.807) is 12.1 Å². The largest absolute Gasteiger partial charge is 0.494 e. The zero-order valence-electron chi connectivity index (χ0n) is 19.3. The van der Waals surface area contributed by atoms with Crippen LogP contribution in [0.4, 0.5) is 14.9 Å². The predicted molar refractivity (Wildman–Crippen MR) is 126 cm³/mol. The van der Waals surface area contributed by atoms with Gasteiger partial charge >= 0.3 is 12.0 Å². The quantitative estimate of drug-likeness (QED) is 0.608. The normalized spacial score (nSPS) is 18.9. The van der Waals surface area contributed by atoms with E-state index in [2.05, 4.69) is 15.5 Å². The molecule has 0 bridgehead atoms. The van der Waals surface area contributed by atoms with Crippen LogP contribution >= 0.6 is 0 Å². The fraction of sp³-hybridized carbons (Fsp3) is 0.360. The van der Waals surface area contributed by atoms with Crippen LogP contribution in [0, 0.1) is 5.82 Å². The van der Waals surface area contributed by atoms with Gasteiger partial charge < -0.3 is 25.0 Å². The second kappa shape index (κ2) is 10.6. The molecule has 2 N–H and O–H groups in total. The summed E-state index contributed by atoms with van der Waals surface area (Å²) in [6, 6.07) is 13.0. The van der Waals surface area contributed by atoms with Crippen molar-refractivity contribution in [1.29, 1.82) is 0 Å². The molecule has 0 saturated carbocycles. The Kier molecular flexibility index (Phi) is 7.32. The number of benzene rings is 2. The number of esters is 1. The van der Waals surface area contributed by atoms with Crippen molar-refractivity contribution in [3.05, 3.63) is 71.2 Å². The lowest BCUT2D eigenvalue weighted by Crippen LogP contribution is -2.51. The van der Waals surface area contributed by atoms with E-state index in [1.807, 2.05) is 42.2 Å². The molecular formula is C25H29FN4O4. The second-order valence-electron chi connectivity index (χ2n) is 8.13. The Morgan fingerprint density at radius 1 is 1.09 bits per heavy atom. The molecule has 2 aromatic rings. The van der Waals surface area contributed by atoms with Crippen LogP contribution in [0.3, 0.4) is 0 Å². The van der Waals surface area contributed by atoms with Gasteiger partial charge in [0.05, 0.1) is 31.0 Å². The molecule has 0 aromatic heterocycles. The highest BCUT2D eigenvalue weighted by Crippen LogP contribution is 2.29. The predicted octanol–water partition coefficient (Wildman–Crippen LogP) is 2.83. The van der Waals surface area contributed by atoms with Crippen LogP contribution in [-0.4, -0.2) is 63.3 Å². The average molecular weight is 469 g/mol. The van der Waals surface area contributed by atoms with E-state index in [4.69, 9.17) is 9.47 Å². The van der Waals surface area contributed by atoms with Crippen LogP contribution < -0.4 is 20.3 Å². The summed E-state index contributed by atoms with van der Waals surface area (Å²) in [4.78, 5) is 29.4. The molecule has 8 nitrogen and oxygen atoms in total. The van der Waals surface area contributed by atoms with Crippen molar-refractivity contribution >= 4 is 17.7 Å². The zero-order valence-corrected chi connectivity index (χ0v) is 19.3. The minimum Gasteiger partial charge on any atom is -0.494 e. The summed E-state index contributed by atoms with van der Waals surface area (Å²) in [5, 5.41) is 5.63. The van der Waals surface area contributed by atoms with Gasteiger partial charge in [0.2, 0.25) is 0 Å². The molecule has 0 spiro atoms. The van der Waals surface area contributed by atoms with Gasteiger partial charge in [-0.25, -0.2) is 14.0 Å². The molecule has 0 radical (unpaired) electrons. The van der Waals surface area contributed by atoms with Gasteiger partial charge in [0, 0.05) is 38.4 Å². The molecule has 2 aliphatic rings. The Morgan fingerprint density at radius 2 is 1.79 bits per heavy atom. The smallest absolute Gasteiger partial charge is 0.338 e. The van der Waals surface area contributed by atoms with E-state index in [-0.39, 0.29) is 11.8 Å². The van der Waals surface area contributed by atoms with E-state index < -0.39 is 12.0 Å². The molecule has 1 atom stereocenters. The third kappa shape index (κ3) is 5.14. The fourth-order valence-corrected chi connectivity index (χ4v) is 4.35. The third-order valence-electron chi connectivity index (χ3n) is 6.03. The van der Waals surface area contributed by atoms with Gasteiger partial charge in [-0.2, -0.15) is 0 Å². The first-order chi connectivity index (χ1) is 16.5. The first kappa shape index (κ1) is 23.6. The van der Waals surface area contributed by atoms with Gasteiger partial charge in [-0.15, -0.1) is 0 Å². The van der Waals surface area contributed by atoms with Gasteiger partial charge in [0.1, 0.15) is 11.6 Å². The lowest BCUT2D eigenvalue weighted by atomic mass is 9.95. The van der Waals surface area contributed by atoms with Crippen molar-refractivity contribution in [3.8, 4) is 5.75 Å². The van der Waals surface area contributed by atoms with Gasteiger partial charge in [0.15, 0.2) is 0 Å². The lowest BCUT2D eigenvalue weighted by molar-refractivity contribution is -0.136. The summed E-state index contributed by atoms with van der Waals surface area (Å²) in [5.41, 5.74) is 2.21. The van der Waals surface area contributed by atoms with E-state index in [0.29, 0.717) is 62.0 Å². The number of amides is 2. The van der Waals surface area contributed by atoms with Crippen LogP contribution in [0.5, 0.6) is 5.75 Å². The number of piperazine rings is 1. The van der Waals surface area contributed by atoms with Gasteiger partial charge in [-0.1, -0.05) is 24.3 Å².